The van der Waals surface area contributed by atoms with Gasteiger partial charge < -0.3 is 14.8 Å². The first-order valence-electron chi connectivity index (χ1n) is 6.57. The number of ether oxygens (including phenoxy) is 2. The fourth-order valence-electron chi connectivity index (χ4n) is 1.74. The maximum atomic E-state index is 5.63. The summed E-state index contributed by atoms with van der Waals surface area (Å²) in [5.41, 5.74) is 1.89. The maximum Gasteiger partial charge on any atom is 0.144 e. The normalized spacial score (nSPS) is 10.3. The fourth-order valence-corrected chi connectivity index (χ4v) is 1.74. The zero-order valence-electron chi connectivity index (χ0n) is 11.8. The van der Waals surface area contributed by atoms with Gasteiger partial charge in [-0.25, -0.2) is 4.98 Å². The Labute approximate surface area is 119 Å². The van der Waals surface area contributed by atoms with Gasteiger partial charge in [-0.2, -0.15) is 0 Å². The molecule has 1 aromatic heterocycles. The molecule has 5 heteroatoms. The van der Waals surface area contributed by atoms with E-state index in [0.29, 0.717) is 13.2 Å². The van der Waals surface area contributed by atoms with Crippen LogP contribution >= 0.6 is 0 Å². The third-order valence-electron chi connectivity index (χ3n) is 2.72. The topological polar surface area (TPSA) is 56.3 Å². The molecule has 1 aromatic carbocycles. The van der Waals surface area contributed by atoms with Crippen LogP contribution in [0.25, 0.3) is 0 Å². The molecule has 5 nitrogen and oxygen atoms in total. The second-order valence-electron chi connectivity index (χ2n) is 4.27. The standard InChI is InChI=1S/C15H19N3O2/c1-3-16-15-9-17-13(8-18-15)11-20-10-12-5-4-6-14(7-12)19-2/h4-9H,3,10-11H2,1-2H3,(H,16,18). The third kappa shape index (κ3) is 4.20. The van der Waals surface area contributed by atoms with Crippen molar-refractivity contribution < 1.29 is 9.47 Å². The molecule has 0 aliphatic carbocycles. The summed E-state index contributed by atoms with van der Waals surface area (Å²) >= 11 is 0. The predicted molar refractivity (Wildman–Crippen MR) is 77.7 cm³/mol. The molecule has 0 saturated carbocycles. The molecule has 0 bridgehead atoms. The van der Waals surface area contributed by atoms with E-state index < -0.39 is 0 Å². The van der Waals surface area contributed by atoms with Crippen molar-refractivity contribution in [2.45, 2.75) is 20.1 Å². The molecule has 0 aliphatic rings. The second-order valence-corrected chi connectivity index (χ2v) is 4.27. The molecule has 0 atom stereocenters. The molecule has 1 N–H and O–H groups in total. The van der Waals surface area contributed by atoms with E-state index in [-0.39, 0.29) is 0 Å². The highest BCUT2D eigenvalue weighted by molar-refractivity contribution is 5.30. The number of hydrogen-bond acceptors (Lipinski definition) is 5. The number of anilines is 1. The van der Waals surface area contributed by atoms with Crippen molar-refractivity contribution >= 4 is 5.82 Å². The lowest BCUT2D eigenvalue weighted by atomic mass is 10.2. The van der Waals surface area contributed by atoms with Gasteiger partial charge in [-0.05, 0) is 24.6 Å². The third-order valence-corrected chi connectivity index (χ3v) is 2.72. The number of benzene rings is 1. The Balaban J connectivity index is 1.82. The first kappa shape index (κ1) is 14.3. The molecule has 0 fully saturated rings. The quantitative estimate of drug-likeness (QED) is 0.840. The summed E-state index contributed by atoms with van der Waals surface area (Å²) in [6.45, 7) is 3.82. The first-order chi connectivity index (χ1) is 9.81. The monoisotopic (exact) mass is 273 g/mol. The number of methoxy groups -OCH3 is 1. The van der Waals surface area contributed by atoms with Crippen LogP contribution in [-0.4, -0.2) is 23.6 Å². The molecule has 1 heterocycles. The highest BCUT2D eigenvalue weighted by Gasteiger charge is 1.99. The van der Waals surface area contributed by atoms with Crippen molar-refractivity contribution in [2.75, 3.05) is 19.0 Å². The van der Waals surface area contributed by atoms with E-state index in [1.165, 1.54) is 0 Å². The van der Waals surface area contributed by atoms with Gasteiger partial charge in [0.1, 0.15) is 11.6 Å². The Kier molecular flexibility index (Phi) is 5.32. The summed E-state index contributed by atoms with van der Waals surface area (Å²) in [6, 6.07) is 7.82. The fraction of sp³-hybridized carbons (Fsp3) is 0.333. The largest absolute Gasteiger partial charge is 0.497 e. The number of nitrogens with zero attached hydrogens (tertiary/aromatic N) is 2. The average Bonchev–Trinajstić information content (AvgIpc) is 2.50. The van der Waals surface area contributed by atoms with Crippen LogP contribution in [0.1, 0.15) is 18.2 Å². The van der Waals surface area contributed by atoms with Crippen LogP contribution in [0, 0.1) is 0 Å². The minimum Gasteiger partial charge on any atom is -0.497 e. The molecule has 20 heavy (non-hydrogen) atoms. The minimum absolute atomic E-state index is 0.441. The second kappa shape index (κ2) is 7.45. The number of hydrogen-bond donors (Lipinski definition) is 1. The van der Waals surface area contributed by atoms with Crippen LogP contribution < -0.4 is 10.1 Å². The molecule has 2 aromatic rings. The Morgan fingerprint density at radius 2 is 2.05 bits per heavy atom. The molecule has 0 unspecified atom stereocenters. The molecule has 0 aliphatic heterocycles. The van der Waals surface area contributed by atoms with Crippen molar-refractivity contribution in [1.82, 2.24) is 9.97 Å². The summed E-state index contributed by atoms with van der Waals surface area (Å²) in [5, 5.41) is 3.10. The van der Waals surface area contributed by atoms with E-state index in [9.17, 15) is 0 Å². The number of nitrogens with one attached hydrogen (secondary N) is 1. The molecule has 0 saturated heterocycles. The van der Waals surface area contributed by atoms with Gasteiger partial charge in [-0.1, -0.05) is 12.1 Å². The van der Waals surface area contributed by atoms with Gasteiger partial charge in [0.2, 0.25) is 0 Å². The number of aromatic nitrogens is 2. The SMILES string of the molecule is CCNc1cnc(COCc2cccc(OC)c2)cn1. The van der Waals surface area contributed by atoms with E-state index in [2.05, 4.69) is 15.3 Å². The Bertz CT molecular complexity index is 529. The summed E-state index contributed by atoms with van der Waals surface area (Å²) in [7, 11) is 1.65. The molecular weight excluding hydrogens is 254 g/mol. The predicted octanol–water partition coefficient (Wildman–Crippen LogP) is 2.63. The average molecular weight is 273 g/mol. The van der Waals surface area contributed by atoms with E-state index in [4.69, 9.17) is 9.47 Å². The Hall–Kier alpha value is -2.14. The van der Waals surface area contributed by atoms with E-state index >= 15 is 0 Å². The smallest absolute Gasteiger partial charge is 0.144 e. The van der Waals surface area contributed by atoms with Crippen molar-refractivity contribution in [3.63, 3.8) is 0 Å². The highest BCUT2D eigenvalue weighted by Crippen LogP contribution is 2.13. The van der Waals surface area contributed by atoms with E-state index in [0.717, 1.165) is 29.4 Å². The summed E-state index contributed by atoms with van der Waals surface area (Å²) in [4.78, 5) is 8.54. The summed E-state index contributed by atoms with van der Waals surface area (Å²) < 4.78 is 10.8. The zero-order valence-corrected chi connectivity index (χ0v) is 11.8. The number of rotatable bonds is 7. The van der Waals surface area contributed by atoms with Crippen LogP contribution in [-0.2, 0) is 18.0 Å². The minimum atomic E-state index is 0.441. The summed E-state index contributed by atoms with van der Waals surface area (Å²) in [6.07, 6.45) is 3.44. The molecule has 2 rings (SSSR count). The van der Waals surface area contributed by atoms with Gasteiger partial charge in [0.25, 0.3) is 0 Å². The van der Waals surface area contributed by atoms with Crippen molar-refractivity contribution in [3.8, 4) is 5.75 Å². The molecule has 106 valence electrons. The van der Waals surface area contributed by atoms with E-state index in [1.807, 2.05) is 31.2 Å². The van der Waals surface area contributed by atoms with Gasteiger partial charge in [0.15, 0.2) is 0 Å². The highest BCUT2D eigenvalue weighted by atomic mass is 16.5. The van der Waals surface area contributed by atoms with Crippen LogP contribution in [0.2, 0.25) is 0 Å². The van der Waals surface area contributed by atoms with E-state index in [1.54, 1.807) is 19.5 Å². The summed E-state index contributed by atoms with van der Waals surface area (Å²) in [5.74, 6) is 1.62. The molecular formula is C15H19N3O2. The van der Waals surface area contributed by atoms with Crippen molar-refractivity contribution in [3.05, 3.63) is 47.9 Å². The lowest BCUT2D eigenvalue weighted by molar-refractivity contribution is 0.104. The van der Waals surface area contributed by atoms with Crippen molar-refractivity contribution in [1.29, 1.82) is 0 Å². The van der Waals surface area contributed by atoms with Gasteiger partial charge in [0.05, 0.1) is 38.4 Å². The van der Waals surface area contributed by atoms with Crippen LogP contribution in [0.5, 0.6) is 5.75 Å². The zero-order chi connectivity index (χ0) is 14.2. The lowest BCUT2D eigenvalue weighted by Gasteiger charge is -2.06. The Morgan fingerprint density at radius 1 is 1.15 bits per heavy atom. The first-order valence-corrected chi connectivity index (χ1v) is 6.57. The molecule has 0 spiro atoms. The Morgan fingerprint density at radius 3 is 2.75 bits per heavy atom. The van der Waals surface area contributed by atoms with Gasteiger partial charge in [-0.15, -0.1) is 0 Å². The van der Waals surface area contributed by atoms with Crippen LogP contribution in [0.15, 0.2) is 36.7 Å². The molecule has 0 amide bonds. The maximum absolute atomic E-state index is 5.63. The molecule has 0 radical (unpaired) electrons. The van der Waals surface area contributed by atoms with Gasteiger partial charge in [0, 0.05) is 6.54 Å². The van der Waals surface area contributed by atoms with Gasteiger partial charge >= 0.3 is 0 Å². The lowest BCUT2D eigenvalue weighted by Crippen LogP contribution is -2.02. The van der Waals surface area contributed by atoms with Crippen LogP contribution in [0.4, 0.5) is 5.82 Å². The van der Waals surface area contributed by atoms with Crippen LogP contribution in [0.3, 0.4) is 0 Å². The van der Waals surface area contributed by atoms with Gasteiger partial charge in [-0.3, -0.25) is 4.98 Å². The van der Waals surface area contributed by atoms with Crippen molar-refractivity contribution in [2.24, 2.45) is 0 Å².